The van der Waals surface area contributed by atoms with Gasteiger partial charge in [-0.25, -0.2) is 0 Å². The molecule has 0 fully saturated rings. The van der Waals surface area contributed by atoms with Crippen LogP contribution in [0.3, 0.4) is 0 Å². The fourth-order valence-corrected chi connectivity index (χ4v) is 2.36. The highest BCUT2D eigenvalue weighted by atomic mass is 79.9. The first-order valence-electron chi connectivity index (χ1n) is 4.98. The Kier molecular flexibility index (Phi) is 5.72. The number of rotatable bonds is 6. The van der Waals surface area contributed by atoms with Crippen LogP contribution >= 0.6 is 27.3 Å². The zero-order valence-corrected chi connectivity index (χ0v) is 10.5. The Balaban J connectivity index is 2.02. The largest absolute Gasteiger partial charge is 0.152 e. The van der Waals surface area contributed by atoms with E-state index in [-0.39, 0.29) is 0 Å². The molecule has 13 heavy (non-hydrogen) atoms. The van der Waals surface area contributed by atoms with Gasteiger partial charge in [0.1, 0.15) is 0 Å². The smallest absolute Gasteiger partial charge is 0.0143 e. The average Bonchev–Trinajstić information content (AvgIpc) is 2.64. The molecule has 0 N–H and O–H groups in total. The second-order valence-corrected chi connectivity index (χ2v) is 5.46. The molecule has 0 saturated carbocycles. The number of thiophene rings is 1. The summed E-state index contributed by atoms with van der Waals surface area (Å²) in [7, 11) is 0. The minimum absolute atomic E-state index is 0.731. The van der Waals surface area contributed by atoms with Crippen LogP contribution in [0.1, 0.15) is 38.2 Å². The third-order valence-electron chi connectivity index (χ3n) is 2.26. The van der Waals surface area contributed by atoms with E-state index in [0.717, 1.165) is 4.83 Å². The monoisotopic (exact) mass is 260 g/mol. The molecule has 0 amide bonds. The highest BCUT2D eigenvalue weighted by Crippen LogP contribution is 2.15. The normalized spacial score (nSPS) is 13.1. The predicted octanol–water partition coefficient (Wildman–Crippen LogP) is 4.63. The van der Waals surface area contributed by atoms with Crippen LogP contribution < -0.4 is 0 Å². The summed E-state index contributed by atoms with van der Waals surface area (Å²) in [6.07, 6.45) is 6.50. The number of hydrogen-bond acceptors (Lipinski definition) is 1. The standard InChI is InChI=1S/C11H17BrS/c1-2-11(12)6-4-3-5-10-7-8-13-9-10/h7-9,11H,2-6H2,1H3. The number of hydrogen-bond donors (Lipinski definition) is 0. The van der Waals surface area contributed by atoms with Crippen molar-refractivity contribution in [2.75, 3.05) is 0 Å². The Morgan fingerprint density at radius 3 is 2.92 bits per heavy atom. The van der Waals surface area contributed by atoms with Crippen molar-refractivity contribution in [3.8, 4) is 0 Å². The quantitative estimate of drug-likeness (QED) is 0.517. The molecule has 1 unspecified atom stereocenters. The van der Waals surface area contributed by atoms with Crippen molar-refractivity contribution in [2.45, 2.75) is 43.9 Å². The van der Waals surface area contributed by atoms with Crippen molar-refractivity contribution in [1.82, 2.24) is 0 Å². The van der Waals surface area contributed by atoms with E-state index in [1.54, 1.807) is 11.3 Å². The van der Waals surface area contributed by atoms with Gasteiger partial charge in [0.2, 0.25) is 0 Å². The van der Waals surface area contributed by atoms with E-state index in [2.05, 4.69) is 39.7 Å². The summed E-state index contributed by atoms with van der Waals surface area (Å²) >= 11 is 5.46. The van der Waals surface area contributed by atoms with Gasteiger partial charge in [-0.05, 0) is 48.1 Å². The Morgan fingerprint density at radius 1 is 1.46 bits per heavy atom. The van der Waals surface area contributed by atoms with Crippen molar-refractivity contribution in [3.63, 3.8) is 0 Å². The Bertz CT molecular complexity index is 206. The number of halogens is 1. The van der Waals surface area contributed by atoms with E-state index in [9.17, 15) is 0 Å². The lowest BCUT2D eigenvalue weighted by Gasteiger charge is -2.05. The molecular weight excluding hydrogens is 244 g/mol. The third kappa shape index (κ3) is 4.82. The Labute approximate surface area is 93.5 Å². The molecule has 2 heteroatoms. The highest BCUT2D eigenvalue weighted by Gasteiger charge is 2.00. The summed E-state index contributed by atoms with van der Waals surface area (Å²) in [5.41, 5.74) is 1.51. The average molecular weight is 261 g/mol. The van der Waals surface area contributed by atoms with Crippen molar-refractivity contribution >= 4 is 27.3 Å². The van der Waals surface area contributed by atoms with Crippen LogP contribution in [0.25, 0.3) is 0 Å². The van der Waals surface area contributed by atoms with E-state index in [0.29, 0.717) is 0 Å². The summed E-state index contributed by atoms with van der Waals surface area (Å²) in [4.78, 5) is 0.731. The summed E-state index contributed by atoms with van der Waals surface area (Å²) in [5, 5.41) is 4.42. The molecule has 0 nitrogen and oxygen atoms in total. The van der Waals surface area contributed by atoms with E-state index < -0.39 is 0 Å². The second-order valence-electron chi connectivity index (χ2n) is 3.38. The van der Waals surface area contributed by atoms with Gasteiger partial charge in [-0.15, -0.1) is 0 Å². The molecule has 1 atom stereocenters. The van der Waals surface area contributed by atoms with Crippen LogP contribution in [-0.4, -0.2) is 4.83 Å². The first-order valence-corrected chi connectivity index (χ1v) is 6.84. The molecule has 0 aromatic carbocycles. The molecule has 0 bridgehead atoms. The van der Waals surface area contributed by atoms with Crippen LogP contribution in [-0.2, 0) is 6.42 Å². The minimum Gasteiger partial charge on any atom is -0.152 e. The van der Waals surface area contributed by atoms with Gasteiger partial charge < -0.3 is 0 Å². The molecule has 1 aromatic rings. The summed E-state index contributed by atoms with van der Waals surface area (Å²) < 4.78 is 0. The lowest BCUT2D eigenvalue weighted by atomic mass is 10.1. The van der Waals surface area contributed by atoms with Crippen LogP contribution in [0, 0.1) is 0 Å². The van der Waals surface area contributed by atoms with Gasteiger partial charge in [0.25, 0.3) is 0 Å². The van der Waals surface area contributed by atoms with Crippen molar-refractivity contribution in [3.05, 3.63) is 22.4 Å². The molecule has 0 aliphatic rings. The van der Waals surface area contributed by atoms with E-state index in [1.165, 1.54) is 37.7 Å². The number of alkyl halides is 1. The maximum atomic E-state index is 3.66. The zero-order chi connectivity index (χ0) is 9.52. The van der Waals surface area contributed by atoms with Gasteiger partial charge in [0.05, 0.1) is 0 Å². The predicted molar refractivity (Wildman–Crippen MR) is 64.9 cm³/mol. The lowest BCUT2D eigenvalue weighted by Crippen LogP contribution is -1.95. The molecule has 0 aliphatic carbocycles. The first-order chi connectivity index (χ1) is 6.33. The van der Waals surface area contributed by atoms with Gasteiger partial charge in [-0.3, -0.25) is 0 Å². The molecule has 1 rings (SSSR count). The van der Waals surface area contributed by atoms with E-state index >= 15 is 0 Å². The van der Waals surface area contributed by atoms with Gasteiger partial charge in [0.15, 0.2) is 0 Å². The number of unbranched alkanes of at least 4 members (excludes halogenated alkanes) is 1. The topological polar surface area (TPSA) is 0 Å². The molecule has 1 aromatic heterocycles. The summed E-state index contributed by atoms with van der Waals surface area (Å²) in [6, 6.07) is 2.23. The number of aryl methyl sites for hydroxylation is 1. The third-order valence-corrected chi connectivity index (χ3v) is 4.09. The van der Waals surface area contributed by atoms with Crippen LogP contribution in [0.5, 0.6) is 0 Å². The lowest BCUT2D eigenvalue weighted by molar-refractivity contribution is 0.650. The van der Waals surface area contributed by atoms with Crippen LogP contribution in [0.15, 0.2) is 16.8 Å². The summed E-state index contributed by atoms with van der Waals surface area (Å²) in [6.45, 7) is 2.23. The van der Waals surface area contributed by atoms with Gasteiger partial charge in [-0.2, -0.15) is 11.3 Å². The Hall–Kier alpha value is 0.180. The Morgan fingerprint density at radius 2 is 2.31 bits per heavy atom. The molecule has 0 spiro atoms. The molecule has 74 valence electrons. The maximum Gasteiger partial charge on any atom is 0.0143 e. The fourth-order valence-electron chi connectivity index (χ4n) is 1.33. The van der Waals surface area contributed by atoms with Gasteiger partial charge >= 0.3 is 0 Å². The fraction of sp³-hybridized carbons (Fsp3) is 0.636. The molecule has 0 radical (unpaired) electrons. The zero-order valence-electron chi connectivity index (χ0n) is 8.13. The molecule has 1 heterocycles. The van der Waals surface area contributed by atoms with E-state index in [4.69, 9.17) is 0 Å². The first kappa shape index (κ1) is 11.3. The molecule has 0 saturated heterocycles. The van der Waals surface area contributed by atoms with Crippen LogP contribution in [0.2, 0.25) is 0 Å². The maximum absolute atomic E-state index is 3.66. The van der Waals surface area contributed by atoms with E-state index in [1.807, 2.05) is 0 Å². The minimum atomic E-state index is 0.731. The summed E-state index contributed by atoms with van der Waals surface area (Å²) in [5.74, 6) is 0. The highest BCUT2D eigenvalue weighted by molar-refractivity contribution is 9.09. The molecule has 0 aliphatic heterocycles. The molecular formula is C11H17BrS. The SMILES string of the molecule is CCC(Br)CCCCc1ccsc1. The van der Waals surface area contributed by atoms with Crippen molar-refractivity contribution < 1.29 is 0 Å². The van der Waals surface area contributed by atoms with Gasteiger partial charge in [-0.1, -0.05) is 29.3 Å². The van der Waals surface area contributed by atoms with Crippen LogP contribution in [0.4, 0.5) is 0 Å². The van der Waals surface area contributed by atoms with Gasteiger partial charge in [0, 0.05) is 4.83 Å². The van der Waals surface area contributed by atoms with Crippen molar-refractivity contribution in [2.24, 2.45) is 0 Å². The van der Waals surface area contributed by atoms with Crippen molar-refractivity contribution in [1.29, 1.82) is 0 Å². The second kappa shape index (κ2) is 6.61.